The van der Waals surface area contributed by atoms with Gasteiger partial charge in [-0.3, -0.25) is 0 Å². The van der Waals surface area contributed by atoms with E-state index in [1.807, 2.05) is 11.3 Å². The topological polar surface area (TPSA) is 0 Å². The number of unbranched alkanes of at least 4 members (excludes halogenated alkanes) is 19. The summed E-state index contributed by atoms with van der Waals surface area (Å²) in [6.07, 6.45) is 33.0. The number of aryl methyl sites for hydroxylation is 2. The van der Waals surface area contributed by atoms with Gasteiger partial charge in [0.05, 0.1) is 0 Å². The van der Waals surface area contributed by atoms with Crippen LogP contribution in [-0.4, -0.2) is 0 Å². The average Bonchev–Trinajstić information content (AvgIpc) is 3.20. The molecule has 1 aromatic rings. The van der Waals surface area contributed by atoms with Gasteiger partial charge in [-0.05, 0) is 47.6 Å². The maximum absolute atomic E-state index is 2.42. The highest BCUT2D eigenvalue weighted by atomic mass is 32.1. The summed E-state index contributed by atoms with van der Waals surface area (Å²) in [6.45, 7) is 4.60. The first-order chi connectivity index (χ1) is 14.9. The van der Waals surface area contributed by atoms with E-state index in [2.05, 4.69) is 24.6 Å². The molecule has 0 aliphatic rings. The predicted molar refractivity (Wildman–Crippen MR) is 140 cm³/mol. The fraction of sp³-hybridized carbons (Fsp3) is 0.862. The normalized spacial score (nSPS) is 11.4. The Morgan fingerprint density at radius 2 is 0.667 bits per heavy atom. The molecule has 30 heavy (non-hydrogen) atoms. The highest BCUT2D eigenvalue weighted by Crippen LogP contribution is 2.21. The molecule has 0 saturated heterocycles. The second-order valence-corrected chi connectivity index (χ2v) is 10.4. The van der Waals surface area contributed by atoms with Crippen molar-refractivity contribution in [1.29, 1.82) is 0 Å². The van der Waals surface area contributed by atoms with Crippen molar-refractivity contribution in [2.24, 2.45) is 0 Å². The summed E-state index contributed by atoms with van der Waals surface area (Å²) in [5.74, 6) is 0. The molecule has 0 bridgehead atoms. The van der Waals surface area contributed by atoms with Crippen molar-refractivity contribution in [2.45, 2.75) is 162 Å². The standard InChI is InChI=1S/C29H54S/c1-3-5-7-9-10-11-12-13-14-15-16-17-18-19-21-23-25-29-27-30-26-28(29)24-22-20-8-6-4-2/h26-27H,3-25H2,1-2H3. The van der Waals surface area contributed by atoms with Crippen LogP contribution in [0.4, 0.5) is 0 Å². The Morgan fingerprint density at radius 3 is 0.967 bits per heavy atom. The zero-order chi connectivity index (χ0) is 21.5. The van der Waals surface area contributed by atoms with Crippen molar-refractivity contribution < 1.29 is 0 Å². The van der Waals surface area contributed by atoms with Crippen molar-refractivity contribution in [1.82, 2.24) is 0 Å². The predicted octanol–water partition coefficient (Wildman–Crippen LogP) is 11.1. The molecular formula is C29H54S. The van der Waals surface area contributed by atoms with Gasteiger partial charge in [0.15, 0.2) is 0 Å². The third-order valence-electron chi connectivity index (χ3n) is 6.68. The van der Waals surface area contributed by atoms with Gasteiger partial charge in [0.2, 0.25) is 0 Å². The second-order valence-electron chi connectivity index (χ2n) is 9.64. The quantitative estimate of drug-likeness (QED) is 0.150. The average molecular weight is 435 g/mol. The maximum atomic E-state index is 2.42. The minimum absolute atomic E-state index is 1.32. The Morgan fingerprint density at radius 1 is 0.400 bits per heavy atom. The molecule has 0 spiro atoms. The number of hydrogen-bond acceptors (Lipinski definition) is 1. The molecule has 0 aromatic carbocycles. The highest BCUT2D eigenvalue weighted by Gasteiger charge is 2.04. The Kier molecular flexibility index (Phi) is 20.3. The van der Waals surface area contributed by atoms with Crippen LogP contribution in [0.3, 0.4) is 0 Å². The Labute approximate surface area is 194 Å². The third-order valence-corrected chi connectivity index (χ3v) is 7.52. The molecule has 1 rings (SSSR count). The van der Waals surface area contributed by atoms with Crippen molar-refractivity contribution in [3.63, 3.8) is 0 Å². The zero-order valence-corrected chi connectivity index (χ0v) is 21.6. The molecule has 1 aromatic heterocycles. The van der Waals surface area contributed by atoms with Crippen LogP contribution in [0.2, 0.25) is 0 Å². The molecule has 0 saturated carbocycles. The first kappa shape index (κ1) is 27.7. The lowest BCUT2D eigenvalue weighted by Crippen LogP contribution is -1.92. The van der Waals surface area contributed by atoms with E-state index in [1.54, 1.807) is 11.1 Å². The van der Waals surface area contributed by atoms with Crippen LogP contribution in [0.15, 0.2) is 10.8 Å². The SMILES string of the molecule is CCCCCCCCCCCCCCCCCCc1cscc1CCCCCCC. The molecule has 0 unspecified atom stereocenters. The molecule has 1 heteroatoms. The first-order valence-corrected chi connectivity index (χ1v) is 14.9. The van der Waals surface area contributed by atoms with Gasteiger partial charge in [-0.1, -0.05) is 136 Å². The lowest BCUT2D eigenvalue weighted by atomic mass is 10.00. The van der Waals surface area contributed by atoms with Crippen LogP contribution in [0, 0.1) is 0 Å². The fourth-order valence-electron chi connectivity index (χ4n) is 4.57. The molecule has 176 valence electrons. The Balaban J connectivity index is 1.84. The second kappa shape index (κ2) is 21.9. The van der Waals surface area contributed by atoms with E-state index >= 15 is 0 Å². The Hall–Kier alpha value is -0.300. The van der Waals surface area contributed by atoms with Crippen molar-refractivity contribution in [2.75, 3.05) is 0 Å². The highest BCUT2D eigenvalue weighted by molar-refractivity contribution is 7.08. The number of rotatable bonds is 23. The molecule has 0 aliphatic heterocycles. The lowest BCUT2D eigenvalue weighted by Gasteiger charge is -2.05. The molecular weight excluding hydrogens is 380 g/mol. The summed E-state index contributed by atoms with van der Waals surface area (Å²) in [5.41, 5.74) is 3.33. The van der Waals surface area contributed by atoms with Crippen molar-refractivity contribution in [3.8, 4) is 0 Å². The van der Waals surface area contributed by atoms with Gasteiger partial charge in [0.25, 0.3) is 0 Å². The maximum Gasteiger partial charge on any atom is -0.00584 e. The van der Waals surface area contributed by atoms with Gasteiger partial charge >= 0.3 is 0 Å². The third kappa shape index (κ3) is 16.4. The van der Waals surface area contributed by atoms with E-state index in [1.165, 1.54) is 148 Å². The smallest absolute Gasteiger partial charge is 0.00584 e. The van der Waals surface area contributed by atoms with E-state index in [0.717, 1.165) is 0 Å². The van der Waals surface area contributed by atoms with Crippen LogP contribution in [0.25, 0.3) is 0 Å². The van der Waals surface area contributed by atoms with Gasteiger partial charge in [-0.2, -0.15) is 11.3 Å². The summed E-state index contributed by atoms with van der Waals surface area (Å²) in [5, 5.41) is 4.84. The summed E-state index contributed by atoms with van der Waals surface area (Å²) < 4.78 is 0. The molecule has 0 atom stereocenters. The summed E-state index contributed by atoms with van der Waals surface area (Å²) in [7, 11) is 0. The molecule has 0 N–H and O–H groups in total. The van der Waals surface area contributed by atoms with E-state index in [4.69, 9.17) is 0 Å². The summed E-state index contributed by atoms with van der Waals surface area (Å²) in [4.78, 5) is 0. The van der Waals surface area contributed by atoms with Gasteiger partial charge in [-0.15, -0.1) is 0 Å². The van der Waals surface area contributed by atoms with E-state index in [0.29, 0.717) is 0 Å². The molecule has 0 fully saturated rings. The molecule has 0 radical (unpaired) electrons. The van der Waals surface area contributed by atoms with E-state index < -0.39 is 0 Å². The minimum atomic E-state index is 1.32. The van der Waals surface area contributed by atoms with Crippen LogP contribution in [-0.2, 0) is 12.8 Å². The minimum Gasteiger partial charge on any atom is -0.152 e. The van der Waals surface area contributed by atoms with Crippen LogP contribution >= 0.6 is 11.3 Å². The zero-order valence-electron chi connectivity index (χ0n) is 20.8. The lowest BCUT2D eigenvalue weighted by molar-refractivity contribution is 0.529. The summed E-state index contributed by atoms with van der Waals surface area (Å²) in [6, 6.07) is 0. The fourth-order valence-corrected chi connectivity index (χ4v) is 5.51. The molecule has 0 nitrogen and oxygen atoms in total. The van der Waals surface area contributed by atoms with E-state index in [-0.39, 0.29) is 0 Å². The van der Waals surface area contributed by atoms with Crippen molar-refractivity contribution >= 4 is 11.3 Å². The Bertz CT molecular complexity index is 447. The van der Waals surface area contributed by atoms with Gasteiger partial charge in [0.1, 0.15) is 0 Å². The largest absolute Gasteiger partial charge is 0.152 e. The molecule has 0 aliphatic carbocycles. The molecule has 1 heterocycles. The van der Waals surface area contributed by atoms with Crippen LogP contribution < -0.4 is 0 Å². The van der Waals surface area contributed by atoms with Crippen LogP contribution in [0.1, 0.15) is 160 Å². The number of thiophene rings is 1. The van der Waals surface area contributed by atoms with Gasteiger partial charge < -0.3 is 0 Å². The monoisotopic (exact) mass is 434 g/mol. The van der Waals surface area contributed by atoms with E-state index in [9.17, 15) is 0 Å². The summed E-state index contributed by atoms with van der Waals surface area (Å²) >= 11 is 1.92. The van der Waals surface area contributed by atoms with Gasteiger partial charge in [0, 0.05) is 0 Å². The molecule has 0 amide bonds. The van der Waals surface area contributed by atoms with Gasteiger partial charge in [-0.25, -0.2) is 0 Å². The number of hydrogen-bond donors (Lipinski definition) is 0. The van der Waals surface area contributed by atoms with Crippen molar-refractivity contribution in [3.05, 3.63) is 21.9 Å². The van der Waals surface area contributed by atoms with Crippen LogP contribution in [0.5, 0.6) is 0 Å². The first-order valence-electron chi connectivity index (χ1n) is 13.9.